The summed E-state index contributed by atoms with van der Waals surface area (Å²) in [6.07, 6.45) is 2.77. The maximum atomic E-state index is 12.8. The van der Waals surface area contributed by atoms with Crippen molar-refractivity contribution in [2.45, 2.75) is 36.6 Å². The molecule has 0 aromatic heterocycles. The number of primary sulfonamides is 1. The van der Waals surface area contributed by atoms with Gasteiger partial charge in [0.05, 0.1) is 21.0 Å². The molecule has 2 aromatic rings. The third kappa shape index (κ3) is 6.66. The number of piperidine rings is 1. The van der Waals surface area contributed by atoms with Crippen LogP contribution in [0, 0.1) is 0 Å². The first-order chi connectivity index (χ1) is 15.1. The molecular weight excluding hydrogens is 475 g/mol. The highest BCUT2D eigenvalue weighted by atomic mass is 35.5. The summed E-state index contributed by atoms with van der Waals surface area (Å²) in [6.45, 7) is 1.14. The summed E-state index contributed by atoms with van der Waals surface area (Å²) in [5.74, 6) is -0.385. The molecule has 1 saturated heterocycles. The number of nitrogens with zero attached hydrogens (tertiary/aromatic N) is 1. The second-order valence-corrected chi connectivity index (χ2v) is 9.91. The van der Waals surface area contributed by atoms with E-state index in [4.69, 9.17) is 28.3 Å². The van der Waals surface area contributed by atoms with Crippen LogP contribution in [0.2, 0.25) is 10.0 Å². The van der Waals surface area contributed by atoms with Gasteiger partial charge in [-0.2, -0.15) is 0 Å². The number of nitrogens with two attached hydrogens (primary N) is 1. The predicted molar refractivity (Wildman–Crippen MR) is 125 cm³/mol. The number of hydrogen-bond donors (Lipinski definition) is 3. The Balaban J connectivity index is 1.55. The second-order valence-electron chi connectivity index (χ2n) is 7.53. The highest BCUT2D eigenvalue weighted by molar-refractivity contribution is 7.89. The van der Waals surface area contributed by atoms with Gasteiger partial charge in [0.2, 0.25) is 21.8 Å². The van der Waals surface area contributed by atoms with E-state index < -0.39 is 10.0 Å². The highest BCUT2D eigenvalue weighted by Crippen LogP contribution is 2.26. The molecule has 2 amide bonds. The van der Waals surface area contributed by atoms with E-state index in [1.54, 1.807) is 18.2 Å². The van der Waals surface area contributed by atoms with E-state index in [1.165, 1.54) is 24.3 Å². The molecule has 0 unspecified atom stereocenters. The number of carbonyl (C=O) groups is 2. The number of carbonyl (C=O) groups excluding carboxylic acids is 2. The fourth-order valence-electron chi connectivity index (χ4n) is 3.55. The minimum Gasteiger partial charge on any atom is -0.326 e. The van der Waals surface area contributed by atoms with E-state index >= 15 is 0 Å². The zero-order chi connectivity index (χ0) is 23.3. The Kier molecular flexibility index (Phi) is 8.13. The fraction of sp³-hybridized carbons (Fsp3) is 0.333. The number of anilines is 2. The van der Waals surface area contributed by atoms with E-state index in [1.807, 2.05) is 4.90 Å². The molecule has 1 atom stereocenters. The lowest BCUT2D eigenvalue weighted by atomic mass is 10.0. The number of nitrogens with one attached hydrogen (secondary N) is 2. The molecule has 0 radical (unpaired) electrons. The van der Waals surface area contributed by atoms with Gasteiger partial charge in [0.1, 0.15) is 0 Å². The van der Waals surface area contributed by atoms with Gasteiger partial charge in [0.15, 0.2) is 0 Å². The number of likely N-dealkylation sites (tertiary alicyclic amines) is 1. The lowest BCUT2D eigenvalue weighted by Crippen LogP contribution is -2.47. The fourth-order valence-corrected chi connectivity index (χ4v) is 4.37. The Morgan fingerprint density at radius 1 is 1.00 bits per heavy atom. The van der Waals surface area contributed by atoms with Crippen molar-refractivity contribution in [2.24, 2.45) is 5.14 Å². The van der Waals surface area contributed by atoms with Crippen LogP contribution in [0.25, 0.3) is 0 Å². The van der Waals surface area contributed by atoms with Crippen LogP contribution >= 0.6 is 23.2 Å². The van der Waals surface area contributed by atoms with Crippen LogP contribution in [0.1, 0.15) is 25.7 Å². The first-order valence-corrected chi connectivity index (χ1v) is 12.4. The van der Waals surface area contributed by atoms with Crippen molar-refractivity contribution in [3.8, 4) is 0 Å². The van der Waals surface area contributed by atoms with Crippen molar-refractivity contribution in [1.82, 2.24) is 4.90 Å². The Labute approximate surface area is 197 Å². The SMILES string of the molecule is NS(=O)(=O)c1ccc(NC(=O)CCN2CCCC[C@@H]2C(=O)Nc2ccc(Cl)c(Cl)c2)cc1. The molecular formula is C21H24Cl2N4O4S. The highest BCUT2D eigenvalue weighted by Gasteiger charge is 2.29. The molecule has 0 bridgehead atoms. The third-order valence-electron chi connectivity index (χ3n) is 5.20. The van der Waals surface area contributed by atoms with Gasteiger partial charge in [-0.15, -0.1) is 0 Å². The minimum atomic E-state index is -3.79. The number of halogens is 2. The summed E-state index contributed by atoms with van der Waals surface area (Å²) in [6, 6.07) is 10.2. The largest absolute Gasteiger partial charge is 0.326 e. The number of amides is 2. The van der Waals surface area contributed by atoms with Crippen LogP contribution in [-0.2, 0) is 19.6 Å². The van der Waals surface area contributed by atoms with Gasteiger partial charge in [0.25, 0.3) is 0 Å². The van der Waals surface area contributed by atoms with Gasteiger partial charge < -0.3 is 10.6 Å². The molecule has 2 aromatic carbocycles. The summed E-state index contributed by atoms with van der Waals surface area (Å²) < 4.78 is 22.6. The van der Waals surface area contributed by atoms with Crippen LogP contribution in [0.4, 0.5) is 11.4 Å². The van der Waals surface area contributed by atoms with Gasteiger partial charge in [-0.3, -0.25) is 14.5 Å². The number of rotatable bonds is 7. The van der Waals surface area contributed by atoms with Gasteiger partial charge in [-0.1, -0.05) is 29.6 Å². The molecule has 1 aliphatic rings. The van der Waals surface area contributed by atoms with E-state index in [9.17, 15) is 18.0 Å². The topological polar surface area (TPSA) is 122 Å². The van der Waals surface area contributed by atoms with Crippen LogP contribution < -0.4 is 15.8 Å². The Bertz CT molecular complexity index is 1090. The first-order valence-electron chi connectivity index (χ1n) is 10.1. The van der Waals surface area contributed by atoms with Gasteiger partial charge in [-0.25, -0.2) is 13.6 Å². The lowest BCUT2D eigenvalue weighted by Gasteiger charge is -2.34. The summed E-state index contributed by atoms with van der Waals surface area (Å²) in [5.41, 5.74) is 1.03. The average molecular weight is 499 g/mol. The van der Waals surface area contributed by atoms with E-state index in [0.29, 0.717) is 34.4 Å². The molecule has 3 rings (SSSR count). The van der Waals surface area contributed by atoms with Gasteiger partial charge >= 0.3 is 0 Å². The van der Waals surface area contributed by atoms with Crippen LogP contribution in [0.3, 0.4) is 0 Å². The van der Waals surface area contributed by atoms with E-state index in [2.05, 4.69) is 10.6 Å². The van der Waals surface area contributed by atoms with E-state index in [0.717, 1.165) is 19.4 Å². The number of benzene rings is 2. The molecule has 1 fully saturated rings. The zero-order valence-electron chi connectivity index (χ0n) is 17.2. The molecule has 1 heterocycles. The molecule has 32 heavy (non-hydrogen) atoms. The molecule has 1 aliphatic heterocycles. The lowest BCUT2D eigenvalue weighted by molar-refractivity contribution is -0.123. The van der Waals surface area contributed by atoms with Crippen molar-refractivity contribution < 1.29 is 18.0 Å². The normalized spacial score (nSPS) is 17.0. The van der Waals surface area contributed by atoms with Crippen molar-refractivity contribution in [3.05, 3.63) is 52.5 Å². The number of hydrogen-bond acceptors (Lipinski definition) is 5. The molecule has 172 valence electrons. The van der Waals surface area contributed by atoms with Crippen LogP contribution in [-0.4, -0.2) is 44.3 Å². The summed E-state index contributed by atoms with van der Waals surface area (Å²) in [5, 5.41) is 11.4. The van der Waals surface area contributed by atoms with Gasteiger partial charge in [-0.05, 0) is 61.9 Å². The summed E-state index contributed by atoms with van der Waals surface area (Å²) in [7, 11) is -3.79. The smallest absolute Gasteiger partial charge is 0.241 e. The molecule has 4 N–H and O–H groups in total. The Hall–Kier alpha value is -2.17. The van der Waals surface area contributed by atoms with Crippen molar-refractivity contribution >= 4 is 56.4 Å². The molecule has 0 spiro atoms. The maximum Gasteiger partial charge on any atom is 0.241 e. The second kappa shape index (κ2) is 10.6. The standard InChI is InChI=1S/C21H24Cl2N4O4S/c22-17-9-6-15(13-18(17)23)26-21(29)19-3-1-2-11-27(19)12-10-20(28)25-14-4-7-16(8-5-14)32(24,30)31/h4-9,13,19H,1-3,10-12H2,(H,25,28)(H,26,29)(H2,24,30,31)/t19-/m1/s1. The molecule has 0 saturated carbocycles. The molecule has 8 nitrogen and oxygen atoms in total. The summed E-state index contributed by atoms with van der Waals surface area (Å²) >= 11 is 11.9. The quantitative estimate of drug-likeness (QED) is 0.539. The monoisotopic (exact) mass is 498 g/mol. The average Bonchev–Trinajstić information content (AvgIpc) is 2.75. The zero-order valence-corrected chi connectivity index (χ0v) is 19.5. The Morgan fingerprint density at radius 2 is 1.69 bits per heavy atom. The van der Waals surface area contributed by atoms with Gasteiger partial charge in [0, 0.05) is 24.3 Å². The first kappa shape index (κ1) is 24.5. The summed E-state index contributed by atoms with van der Waals surface area (Å²) in [4.78, 5) is 27.2. The van der Waals surface area contributed by atoms with Crippen LogP contribution in [0.5, 0.6) is 0 Å². The maximum absolute atomic E-state index is 12.8. The molecule has 0 aliphatic carbocycles. The van der Waals surface area contributed by atoms with Crippen molar-refractivity contribution in [2.75, 3.05) is 23.7 Å². The number of sulfonamides is 1. The Morgan fingerprint density at radius 3 is 2.34 bits per heavy atom. The predicted octanol–water partition coefficient (Wildman–Crippen LogP) is 3.46. The van der Waals surface area contributed by atoms with Crippen molar-refractivity contribution in [3.63, 3.8) is 0 Å². The molecule has 11 heteroatoms. The van der Waals surface area contributed by atoms with Crippen molar-refractivity contribution in [1.29, 1.82) is 0 Å². The third-order valence-corrected chi connectivity index (χ3v) is 6.86. The minimum absolute atomic E-state index is 0.0281. The van der Waals surface area contributed by atoms with Crippen LogP contribution in [0.15, 0.2) is 47.4 Å². The van der Waals surface area contributed by atoms with E-state index in [-0.39, 0.29) is 29.2 Å².